The summed E-state index contributed by atoms with van der Waals surface area (Å²) in [5.74, 6) is 0.939. The minimum atomic E-state index is 0.131. The number of carbonyl (C=O) groups is 1. The van der Waals surface area contributed by atoms with Gasteiger partial charge in [-0.1, -0.05) is 6.92 Å². The first-order valence-corrected chi connectivity index (χ1v) is 9.97. The first-order valence-electron chi connectivity index (χ1n) is 9.09. The number of rotatable bonds is 4. The largest absolute Gasteiger partial charge is 0.372 e. The highest BCUT2D eigenvalue weighted by Gasteiger charge is 2.31. The van der Waals surface area contributed by atoms with Crippen molar-refractivity contribution < 1.29 is 9.53 Å². The van der Waals surface area contributed by atoms with E-state index in [4.69, 9.17) is 4.74 Å². The van der Waals surface area contributed by atoms with Crippen molar-refractivity contribution in [3.8, 4) is 0 Å². The fourth-order valence-electron chi connectivity index (χ4n) is 3.77. The number of amides is 1. The summed E-state index contributed by atoms with van der Waals surface area (Å²) in [6.07, 6.45) is 7.99. The van der Waals surface area contributed by atoms with Gasteiger partial charge in [0.05, 0.1) is 18.3 Å². The topological polar surface area (TPSA) is 42.4 Å². The molecule has 4 nitrogen and oxygen atoms in total. The fraction of sp³-hybridized carbons (Fsp3) is 0.500. The van der Waals surface area contributed by atoms with Crippen LogP contribution in [-0.4, -0.2) is 35.0 Å². The molecule has 0 aromatic carbocycles. The standard InChI is InChI=1S/C20H24N2O2S/c1-14-2-3-17-18(13-25-19(17)10-14)20(23)22-9-6-16(11-22)24-12-15-4-7-21-8-5-15/h4-5,7-8,13-14,16H,2-3,6,9-12H2,1H3/t14-,16+/m1/s1. The number of ether oxygens (including phenoxy) is 1. The molecular formula is C20H24N2O2S. The molecule has 25 heavy (non-hydrogen) atoms. The Morgan fingerprint density at radius 2 is 2.20 bits per heavy atom. The molecule has 1 amide bonds. The molecule has 1 fully saturated rings. The SMILES string of the molecule is C[C@@H]1CCc2c(C(=O)N3CC[C@H](OCc4ccncc4)C3)csc2C1. The molecule has 3 heterocycles. The monoisotopic (exact) mass is 356 g/mol. The number of hydrogen-bond donors (Lipinski definition) is 0. The van der Waals surface area contributed by atoms with Gasteiger partial charge in [-0.3, -0.25) is 9.78 Å². The van der Waals surface area contributed by atoms with Crippen molar-refractivity contribution in [3.05, 3.63) is 51.5 Å². The molecule has 2 aromatic rings. The van der Waals surface area contributed by atoms with E-state index in [9.17, 15) is 4.79 Å². The van der Waals surface area contributed by atoms with Gasteiger partial charge < -0.3 is 9.64 Å². The van der Waals surface area contributed by atoms with Crippen molar-refractivity contribution in [3.63, 3.8) is 0 Å². The molecule has 2 aliphatic rings. The molecule has 0 spiro atoms. The number of carbonyl (C=O) groups excluding carboxylic acids is 1. The molecule has 1 aliphatic carbocycles. The summed E-state index contributed by atoms with van der Waals surface area (Å²) in [6.45, 7) is 4.38. The Balaban J connectivity index is 1.36. The Morgan fingerprint density at radius 1 is 1.36 bits per heavy atom. The average molecular weight is 356 g/mol. The number of thiophene rings is 1. The van der Waals surface area contributed by atoms with E-state index in [2.05, 4.69) is 17.3 Å². The molecule has 4 rings (SSSR count). The van der Waals surface area contributed by atoms with E-state index >= 15 is 0 Å². The number of nitrogens with zero attached hydrogens (tertiary/aromatic N) is 2. The van der Waals surface area contributed by atoms with Crippen molar-refractivity contribution in [1.29, 1.82) is 0 Å². The van der Waals surface area contributed by atoms with Gasteiger partial charge in [-0.25, -0.2) is 0 Å². The normalized spacial score (nSPS) is 22.8. The summed E-state index contributed by atoms with van der Waals surface area (Å²) in [7, 11) is 0. The van der Waals surface area contributed by atoms with Gasteiger partial charge in [-0.2, -0.15) is 0 Å². The summed E-state index contributed by atoms with van der Waals surface area (Å²) < 4.78 is 5.99. The molecule has 0 radical (unpaired) electrons. The van der Waals surface area contributed by atoms with Crippen molar-refractivity contribution in [2.45, 2.75) is 45.3 Å². The van der Waals surface area contributed by atoms with Crippen LogP contribution in [0.4, 0.5) is 0 Å². The van der Waals surface area contributed by atoms with E-state index in [-0.39, 0.29) is 12.0 Å². The van der Waals surface area contributed by atoms with Crippen LogP contribution in [0.25, 0.3) is 0 Å². The lowest BCUT2D eigenvalue weighted by atomic mass is 9.88. The highest BCUT2D eigenvalue weighted by molar-refractivity contribution is 7.10. The molecule has 0 saturated carbocycles. The molecule has 0 unspecified atom stereocenters. The molecule has 132 valence electrons. The van der Waals surface area contributed by atoms with Gasteiger partial charge in [-0.05, 0) is 54.9 Å². The lowest BCUT2D eigenvalue weighted by molar-refractivity contribution is 0.0437. The molecule has 2 atom stereocenters. The maximum Gasteiger partial charge on any atom is 0.255 e. The van der Waals surface area contributed by atoms with E-state index in [1.165, 1.54) is 16.9 Å². The van der Waals surface area contributed by atoms with Crippen LogP contribution in [0.1, 0.15) is 46.1 Å². The van der Waals surface area contributed by atoms with Crippen LogP contribution < -0.4 is 0 Å². The minimum Gasteiger partial charge on any atom is -0.372 e. The lowest BCUT2D eigenvalue weighted by Crippen LogP contribution is -2.30. The summed E-state index contributed by atoms with van der Waals surface area (Å²) in [4.78, 5) is 20.4. The van der Waals surface area contributed by atoms with Gasteiger partial charge in [0.1, 0.15) is 0 Å². The zero-order valence-electron chi connectivity index (χ0n) is 14.6. The Hall–Kier alpha value is -1.72. The lowest BCUT2D eigenvalue weighted by Gasteiger charge is -2.21. The van der Waals surface area contributed by atoms with Crippen molar-refractivity contribution in [2.75, 3.05) is 13.1 Å². The highest BCUT2D eigenvalue weighted by atomic mass is 32.1. The first-order chi connectivity index (χ1) is 12.2. The number of likely N-dealkylation sites (tertiary alicyclic amines) is 1. The Bertz CT molecular complexity index is 743. The van der Waals surface area contributed by atoms with Gasteiger partial charge in [0.15, 0.2) is 0 Å². The van der Waals surface area contributed by atoms with Crippen LogP contribution in [0.3, 0.4) is 0 Å². The maximum absolute atomic E-state index is 13.0. The molecule has 1 aliphatic heterocycles. The summed E-state index contributed by atoms with van der Waals surface area (Å²) in [5.41, 5.74) is 3.39. The van der Waals surface area contributed by atoms with Crippen LogP contribution in [0.15, 0.2) is 29.9 Å². The number of hydrogen-bond acceptors (Lipinski definition) is 4. The van der Waals surface area contributed by atoms with Crippen molar-refractivity contribution in [1.82, 2.24) is 9.88 Å². The van der Waals surface area contributed by atoms with Gasteiger partial charge in [0.25, 0.3) is 5.91 Å². The van der Waals surface area contributed by atoms with Gasteiger partial charge in [-0.15, -0.1) is 11.3 Å². The van der Waals surface area contributed by atoms with Crippen LogP contribution in [0.5, 0.6) is 0 Å². The minimum absolute atomic E-state index is 0.131. The van der Waals surface area contributed by atoms with E-state index < -0.39 is 0 Å². The van der Waals surface area contributed by atoms with Gasteiger partial charge in [0, 0.05) is 35.7 Å². The highest BCUT2D eigenvalue weighted by Crippen LogP contribution is 2.34. The van der Waals surface area contributed by atoms with Crippen molar-refractivity contribution >= 4 is 17.2 Å². The Labute approximate surface area is 152 Å². The summed E-state index contributed by atoms with van der Waals surface area (Å²) >= 11 is 1.77. The first kappa shape index (κ1) is 16.7. The second-order valence-corrected chi connectivity index (χ2v) is 8.19. The predicted octanol–water partition coefficient (Wildman–Crippen LogP) is 3.70. The van der Waals surface area contributed by atoms with Gasteiger partial charge >= 0.3 is 0 Å². The third-order valence-electron chi connectivity index (χ3n) is 5.30. The van der Waals surface area contributed by atoms with E-state index in [0.29, 0.717) is 13.2 Å². The van der Waals surface area contributed by atoms with Crippen LogP contribution in [0.2, 0.25) is 0 Å². The maximum atomic E-state index is 13.0. The number of aromatic nitrogens is 1. The quantitative estimate of drug-likeness (QED) is 0.839. The smallest absolute Gasteiger partial charge is 0.255 e. The third kappa shape index (κ3) is 3.62. The second-order valence-electron chi connectivity index (χ2n) is 7.23. The van der Waals surface area contributed by atoms with Crippen LogP contribution in [0, 0.1) is 5.92 Å². The Kier molecular flexibility index (Phi) is 4.86. The van der Waals surface area contributed by atoms with Crippen LogP contribution >= 0.6 is 11.3 Å². The van der Waals surface area contributed by atoms with Crippen LogP contribution in [-0.2, 0) is 24.2 Å². The van der Waals surface area contributed by atoms with E-state index in [1.807, 2.05) is 17.0 Å². The molecular weight excluding hydrogens is 332 g/mol. The zero-order valence-corrected chi connectivity index (χ0v) is 15.4. The fourth-order valence-corrected chi connectivity index (χ4v) is 5.01. The molecule has 0 bridgehead atoms. The number of fused-ring (bicyclic) bond motifs is 1. The van der Waals surface area contributed by atoms with E-state index in [1.54, 1.807) is 23.7 Å². The Morgan fingerprint density at radius 3 is 3.04 bits per heavy atom. The number of pyridine rings is 1. The van der Waals surface area contributed by atoms with E-state index in [0.717, 1.165) is 42.9 Å². The van der Waals surface area contributed by atoms with Gasteiger partial charge in [0.2, 0.25) is 0 Å². The zero-order chi connectivity index (χ0) is 17.2. The molecule has 1 saturated heterocycles. The summed E-state index contributed by atoms with van der Waals surface area (Å²) in [6, 6.07) is 3.94. The summed E-state index contributed by atoms with van der Waals surface area (Å²) in [5, 5.41) is 2.08. The average Bonchev–Trinajstić information content (AvgIpc) is 3.27. The molecule has 2 aromatic heterocycles. The van der Waals surface area contributed by atoms with Crippen molar-refractivity contribution in [2.24, 2.45) is 5.92 Å². The molecule has 0 N–H and O–H groups in total. The third-order valence-corrected chi connectivity index (χ3v) is 6.35. The predicted molar refractivity (Wildman–Crippen MR) is 98.8 cm³/mol. The second kappa shape index (κ2) is 7.26. The molecule has 5 heteroatoms.